The van der Waals surface area contributed by atoms with Crippen LogP contribution in [-0.4, -0.2) is 24.8 Å². The van der Waals surface area contributed by atoms with Crippen LogP contribution in [0.5, 0.6) is 0 Å². The molecule has 3 radical (unpaired) electrons. The Bertz CT molecular complexity index is 864. The fraction of sp³-hybridized carbons (Fsp3) is 0.500. The van der Waals surface area contributed by atoms with Gasteiger partial charge in [-0.2, -0.15) is 7.14 Å². The summed E-state index contributed by atoms with van der Waals surface area (Å²) in [7, 11) is 5.19. The van der Waals surface area contributed by atoms with Gasteiger partial charge in [0.1, 0.15) is 5.60 Å². The average molecular weight is 419 g/mol. The van der Waals surface area contributed by atoms with Gasteiger partial charge in [0.05, 0.1) is 5.92 Å². The zero-order valence-corrected chi connectivity index (χ0v) is 19.7. The lowest BCUT2D eigenvalue weighted by molar-refractivity contribution is -0.179. The minimum Gasteiger partial charge on any atom is -0.460 e. The fourth-order valence-corrected chi connectivity index (χ4v) is 9.58. The molecule has 3 saturated carbocycles. The highest BCUT2D eigenvalue weighted by molar-refractivity contribution is 8.09. The molecule has 0 aromatic heterocycles. The van der Waals surface area contributed by atoms with Gasteiger partial charge in [-0.1, -0.05) is 50.2 Å². The van der Waals surface area contributed by atoms with E-state index in [-0.39, 0.29) is 23.0 Å². The van der Waals surface area contributed by atoms with E-state index in [1.165, 1.54) is 10.6 Å². The molecule has 0 amide bonds. The summed E-state index contributed by atoms with van der Waals surface area (Å²) >= 11 is 0. The van der Waals surface area contributed by atoms with Gasteiger partial charge in [-0.3, -0.25) is 12.4 Å². The van der Waals surface area contributed by atoms with Gasteiger partial charge in [0.2, 0.25) is 0 Å². The molecule has 2 bridgehead atoms. The summed E-state index contributed by atoms with van der Waals surface area (Å²) in [6.07, 6.45) is 2.10. The monoisotopic (exact) mass is 419 g/mol. The van der Waals surface area contributed by atoms with E-state index in [1.54, 1.807) is 0 Å². The summed E-state index contributed by atoms with van der Waals surface area (Å²) in [5.41, 5.74) is -0.230. The Morgan fingerprint density at radius 3 is 1.90 bits per heavy atom. The zero-order chi connectivity index (χ0) is 21.7. The van der Waals surface area contributed by atoms with Crippen LogP contribution in [0.2, 0.25) is 0 Å². The minimum absolute atomic E-state index is 0.0644. The first-order valence-electron chi connectivity index (χ1n) is 11.1. The molecule has 0 saturated heterocycles. The summed E-state index contributed by atoms with van der Waals surface area (Å²) < 4.78 is 5.99. The number of hydrogen-bond donors (Lipinski definition) is 0. The van der Waals surface area contributed by atoms with Gasteiger partial charge < -0.3 is 4.74 Å². The lowest BCUT2D eigenvalue weighted by Crippen LogP contribution is -2.61. The highest BCUT2D eigenvalue weighted by atomic mass is 31.2. The first kappa shape index (κ1) is 21.6. The smallest absolute Gasteiger partial charge is 0.313 e. The largest absolute Gasteiger partial charge is 0.460 e. The molecule has 30 heavy (non-hydrogen) atoms. The molecule has 2 aromatic rings. The molecule has 0 N–H and O–H groups in total. The Hall–Kier alpha value is -1.60. The van der Waals surface area contributed by atoms with E-state index in [0.29, 0.717) is 11.8 Å². The molecule has 3 fully saturated rings. The van der Waals surface area contributed by atoms with Gasteiger partial charge in [-0.05, 0) is 75.1 Å². The number of hydrogen-bond acceptors (Lipinski definition) is 2. The normalized spacial score (nSPS) is 27.8. The Labute approximate surface area is 183 Å². The van der Waals surface area contributed by atoms with E-state index >= 15 is 0 Å². The molecular formula is C26H33BO2P. The molecule has 3 aliphatic rings. The first-order valence-corrected chi connectivity index (χ1v) is 13.0. The van der Waals surface area contributed by atoms with E-state index in [0.717, 1.165) is 12.8 Å². The molecular weight excluding hydrogens is 386 g/mol. The van der Waals surface area contributed by atoms with Crippen molar-refractivity contribution >= 4 is 31.3 Å². The Morgan fingerprint density at radius 1 is 0.967 bits per heavy atom. The van der Waals surface area contributed by atoms with Gasteiger partial charge in [0, 0.05) is 16.3 Å². The SMILES string of the molecule is [B-][P+](c1ccccc1)(c1ccccc1)[C@H]1C[C@H]2C[C@@H]([C@@H]1C(=O)OC(C)(C)C)C2(C)C. The summed E-state index contributed by atoms with van der Waals surface area (Å²) in [4.78, 5) is 13.6. The van der Waals surface area contributed by atoms with Gasteiger partial charge >= 0.3 is 5.97 Å². The van der Waals surface area contributed by atoms with Crippen molar-refractivity contribution in [2.45, 2.75) is 58.7 Å². The van der Waals surface area contributed by atoms with Gasteiger partial charge in [-0.25, -0.2) is 0 Å². The molecule has 2 nitrogen and oxygen atoms in total. The fourth-order valence-electron chi connectivity index (χ4n) is 5.76. The highest BCUT2D eigenvalue weighted by Crippen LogP contribution is 2.71. The molecule has 4 atom stereocenters. The van der Waals surface area contributed by atoms with E-state index in [4.69, 9.17) is 12.3 Å². The van der Waals surface area contributed by atoms with E-state index in [1.807, 2.05) is 32.9 Å². The summed E-state index contributed by atoms with van der Waals surface area (Å²) in [6.45, 7) is 10.5. The molecule has 2 aromatic carbocycles. The predicted molar refractivity (Wildman–Crippen MR) is 128 cm³/mol. The highest BCUT2D eigenvalue weighted by Gasteiger charge is 2.64. The maximum absolute atomic E-state index is 13.6. The third-order valence-electron chi connectivity index (χ3n) is 7.49. The van der Waals surface area contributed by atoms with Crippen molar-refractivity contribution in [3.05, 3.63) is 60.7 Å². The molecule has 0 spiro atoms. The number of benzene rings is 2. The van der Waals surface area contributed by atoms with Gasteiger partial charge in [-0.15, -0.1) is 0 Å². The minimum atomic E-state index is -2.29. The van der Waals surface area contributed by atoms with Crippen LogP contribution in [0.1, 0.15) is 47.5 Å². The number of ether oxygens (including phenoxy) is 1. The van der Waals surface area contributed by atoms with Crippen molar-refractivity contribution in [3.8, 4) is 0 Å². The number of rotatable bonds is 4. The predicted octanol–water partition coefficient (Wildman–Crippen LogP) is 5.13. The van der Waals surface area contributed by atoms with Gasteiger partial charge in [0.25, 0.3) is 0 Å². The standard InChI is InChI=1S/C26H33BO2P/c1-25(2,3)29-24(28)23-21-16-18(26(21,4)5)17-22(23)30(27,19-12-8-6-9-13-19)20-14-10-7-11-15-20/h6-15,18,21-23H,16-17H2,1-5H3/t18-,21+,22+,23+/m1/s1. The summed E-state index contributed by atoms with van der Waals surface area (Å²) in [6, 6.07) is 20.9. The number of carbonyl (C=O) groups is 1. The molecule has 5 rings (SSSR count). The maximum Gasteiger partial charge on any atom is 0.313 e. The number of fused-ring (bicyclic) bond motifs is 2. The topological polar surface area (TPSA) is 26.3 Å². The molecule has 0 heterocycles. The molecule has 4 heteroatoms. The molecule has 0 unspecified atom stereocenters. The Kier molecular flexibility index (Phi) is 5.42. The van der Waals surface area contributed by atoms with Crippen molar-refractivity contribution in [2.24, 2.45) is 23.2 Å². The van der Waals surface area contributed by atoms with Crippen LogP contribution in [0, 0.1) is 23.2 Å². The Balaban J connectivity index is 1.84. The van der Waals surface area contributed by atoms with E-state index < -0.39 is 12.7 Å². The summed E-state index contributed by atoms with van der Waals surface area (Å²) in [5, 5.41) is 2.35. The average Bonchev–Trinajstić information content (AvgIpc) is 2.72. The number of esters is 1. The van der Waals surface area contributed by atoms with E-state index in [9.17, 15) is 4.79 Å². The molecule has 3 aliphatic carbocycles. The van der Waals surface area contributed by atoms with Crippen molar-refractivity contribution < 1.29 is 9.53 Å². The second-order valence-electron chi connectivity index (χ2n) is 10.7. The van der Waals surface area contributed by atoms with Crippen LogP contribution < -0.4 is 10.6 Å². The number of carbonyl (C=O) groups excluding carboxylic acids is 1. The Morgan fingerprint density at radius 2 is 1.47 bits per heavy atom. The van der Waals surface area contributed by atoms with Crippen LogP contribution in [-0.2, 0) is 9.53 Å². The molecule has 157 valence electrons. The first-order chi connectivity index (χ1) is 14.0. The van der Waals surface area contributed by atoms with Crippen LogP contribution in [0.4, 0.5) is 0 Å². The zero-order valence-electron chi connectivity index (χ0n) is 18.8. The maximum atomic E-state index is 13.6. The molecule has 0 aliphatic heterocycles. The summed E-state index contributed by atoms with van der Waals surface area (Å²) in [5.74, 6) is 0.710. The quantitative estimate of drug-likeness (QED) is 0.390. The van der Waals surface area contributed by atoms with Crippen LogP contribution in [0.25, 0.3) is 0 Å². The second-order valence-corrected chi connectivity index (χ2v) is 13.9. The van der Waals surface area contributed by atoms with Crippen LogP contribution in [0.3, 0.4) is 0 Å². The third-order valence-corrected chi connectivity index (χ3v) is 11.4. The van der Waals surface area contributed by atoms with Gasteiger partial charge in [0.15, 0.2) is 0 Å². The van der Waals surface area contributed by atoms with Crippen molar-refractivity contribution in [1.82, 2.24) is 0 Å². The lowest BCUT2D eigenvalue weighted by atomic mass is 9.45. The lowest BCUT2D eigenvalue weighted by Gasteiger charge is -2.64. The second kappa shape index (κ2) is 7.52. The third kappa shape index (κ3) is 3.54. The van der Waals surface area contributed by atoms with Crippen molar-refractivity contribution in [2.75, 3.05) is 0 Å². The van der Waals surface area contributed by atoms with E-state index in [2.05, 4.69) is 62.4 Å². The van der Waals surface area contributed by atoms with Crippen LogP contribution in [0.15, 0.2) is 60.7 Å². The van der Waals surface area contributed by atoms with Crippen LogP contribution >= 0.6 is 7.14 Å². The van der Waals surface area contributed by atoms with Crippen molar-refractivity contribution in [3.63, 3.8) is 0 Å². The van der Waals surface area contributed by atoms with Crippen molar-refractivity contribution in [1.29, 1.82) is 0 Å².